The minimum Gasteiger partial charge on any atom is -0.355 e. The average Bonchev–Trinajstić information content (AvgIpc) is 2.15. The number of carbonyl (C=O) groups is 1. The molecule has 1 N–H and O–H groups in total. The average molecular weight is 202 g/mol. The standard InChI is InChI=1S/C9H7F3NO/c1-13-8(14)6-4-2-3-5-7(6)9(10,11)12/h2-4H,1H3,(H,13,14). The number of carbonyl (C=O) groups excluding carboxylic acids is 1. The lowest BCUT2D eigenvalue weighted by Gasteiger charge is -2.10. The lowest BCUT2D eigenvalue weighted by Crippen LogP contribution is -2.22. The van der Waals surface area contributed by atoms with Crippen LogP contribution in [-0.2, 0) is 6.18 Å². The van der Waals surface area contributed by atoms with Crippen molar-refractivity contribution >= 4 is 5.91 Å². The molecule has 5 heteroatoms. The smallest absolute Gasteiger partial charge is 0.355 e. The third-order valence-corrected chi connectivity index (χ3v) is 1.61. The highest BCUT2D eigenvalue weighted by Gasteiger charge is 2.34. The molecular weight excluding hydrogens is 195 g/mol. The van der Waals surface area contributed by atoms with Gasteiger partial charge in [-0.15, -0.1) is 0 Å². The molecular formula is C9H7F3NO. The molecule has 14 heavy (non-hydrogen) atoms. The van der Waals surface area contributed by atoms with Gasteiger partial charge in [0.15, 0.2) is 0 Å². The summed E-state index contributed by atoms with van der Waals surface area (Å²) in [5, 5.41) is 2.13. The number of benzene rings is 1. The molecule has 0 saturated heterocycles. The van der Waals surface area contributed by atoms with Crippen LogP contribution in [-0.4, -0.2) is 13.0 Å². The quantitative estimate of drug-likeness (QED) is 0.739. The highest BCUT2D eigenvalue weighted by molar-refractivity contribution is 5.95. The molecule has 0 atom stereocenters. The SMILES string of the molecule is CNC(=O)c1ccc[c]c1C(F)(F)F. The number of halogens is 3. The number of hydrogen-bond acceptors (Lipinski definition) is 1. The first-order valence-corrected chi connectivity index (χ1v) is 3.77. The Balaban J connectivity index is 3.23. The molecule has 0 spiro atoms. The van der Waals surface area contributed by atoms with E-state index in [1.807, 2.05) is 6.07 Å². The summed E-state index contributed by atoms with van der Waals surface area (Å²) in [6, 6.07) is 5.57. The van der Waals surface area contributed by atoms with Crippen molar-refractivity contribution in [1.82, 2.24) is 5.32 Å². The zero-order valence-electron chi connectivity index (χ0n) is 7.27. The zero-order valence-corrected chi connectivity index (χ0v) is 7.27. The fraction of sp³-hybridized carbons (Fsp3) is 0.222. The first-order chi connectivity index (χ1) is 6.46. The zero-order chi connectivity index (χ0) is 10.8. The van der Waals surface area contributed by atoms with E-state index in [2.05, 4.69) is 5.32 Å². The van der Waals surface area contributed by atoms with Crippen LogP contribution in [0.4, 0.5) is 13.2 Å². The summed E-state index contributed by atoms with van der Waals surface area (Å²) in [6.07, 6.45) is -4.55. The van der Waals surface area contributed by atoms with Gasteiger partial charge < -0.3 is 5.32 Å². The van der Waals surface area contributed by atoms with Crippen molar-refractivity contribution in [3.8, 4) is 0 Å². The van der Waals surface area contributed by atoms with Gasteiger partial charge in [0.1, 0.15) is 0 Å². The summed E-state index contributed by atoms with van der Waals surface area (Å²) in [5.41, 5.74) is -1.46. The van der Waals surface area contributed by atoms with Gasteiger partial charge in [-0.1, -0.05) is 12.1 Å². The van der Waals surface area contributed by atoms with E-state index in [1.54, 1.807) is 0 Å². The Hall–Kier alpha value is -1.52. The van der Waals surface area contributed by atoms with Gasteiger partial charge in [-0.05, 0) is 12.1 Å². The van der Waals surface area contributed by atoms with Crippen molar-refractivity contribution in [2.24, 2.45) is 0 Å². The molecule has 0 aliphatic carbocycles. The minimum atomic E-state index is -4.55. The number of nitrogens with one attached hydrogen (secondary N) is 1. The van der Waals surface area contributed by atoms with E-state index in [0.717, 1.165) is 12.1 Å². The van der Waals surface area contributed by atoms with Gasteiger partial charge in [-0.2, -0.15) is 13.2 Å². The van der Waals surface area contributed by atoms with E-state index in [0.29, 0.717) is 0 Å². The van der Waals surface area contributed by atoms with E-state index in [4.69, 9.17) is 0 Å². The summed E-state index contributed by atoms with van der Waals surface area (Å²) < 4.78 is 37.0. The lowest BCUT2D eigenvalue weighted by molar-refractivity contribution is -0.138. The van der Waals surface area contributed by atoms with Gasteiger partial charge in [0, 0.05) is 7.05 Å². The topological polar surface area (TPSA) is 29.1 Å². The molecule has 1 rings (SSSR count). The number of alkyl halides is 3. The second-order valence-electron chi connectivity index (χ2n) is 2.54. The van der Waals surface area contributed by atoms with Gasteiger partial charge in [0.2, 0.25) is 0 Å². The molecule has 0 unspecified atom stereocenters. The highest BCUT2D eigenvalue weighted by atomic mass is 19.4. The lowest BCUT2D eigenvalue weighted by atomic mass is 10.1. The molecule has 2 nitrogen and oxygen atoms in total. The maximum atomic E-state index is 12.3. The molecule has 0 fully saturated rings. The van der Waals surface area contributed by atoms with Crippen LogP contribution in [0, 0.1) is 6.07 Å². The summed E-state index contributed by atoms with van der Waals surface area (Å²) in [4.78, 5) is 11.0. The maximum Gasteiger partial charge on any atom is 0.417 e. The Morgan fingerprint density at radius 2 is 2.14 bits per heavy atom. The molecule has 0 saturated carbocycles. The predicted octanol–water partition coefficient (Wildman–Crippen LogP) is 1.87. The van der Waals surface area contributed by atoms with Crippen molar-refractivity contribution in [2.45, 2.75) is 6.18 Å². The molecule has 0 aliphatic rings. The minimum absolute atomic E-state index is 0.414. The Kier molecular flexibility index (Phi) is 2.78. The molecule has 1 aromatic carbocycles. The fourth-order valence-corrected chi connectivity index (χ4v) is 0.995. The summed E-state index contributed by atoms with van der Waals surface area (Å²) >= 11 is 0. The molecule has 1 amide bonds. The third kappa shape index (κ3) is 2.04. The van der Waals surface area contributed by atoms with Crippen LogP contribution in [0.2, 0.25) is 0 Å². The first-order valence-electron chi connectivity index (χ1n) is 3.77. The summed E-state index contributed by atoms with van der Waals surface area (Å²) in [5.74, 6) is -0.769. The molecule has 75 valence electrons. The van der Waals surface area contributed by atoms with Gasteiger partial charge in [-0.3, -0.25) is 4.79 Å². The second kappa shape index (κ2) is 3.69. The van der Waals surface area contributed by atoms with Crippen LogP contribution in [0.5, 0.6) is 0 Å². The fourth-order valence-electron chi connectivity index (χ4n) is 0.995. The second-order valence-corrected chi connectivity index (χ2v) is 2.54. The van der Waals surface area contributed by atoms with Gasteiger partial charge >= 0.3 is 6.18 Å². The van der Waals surface area contributed by atoms with Crippen LogP contribution in [0.25, 0.3) is 0 Å². The van der Waals surface area contributed by atoms with Crippen LogP contribution in [0.15, 0.2) is 18.2 Å². The van der Waals surface area contributed by atoms with Crippen molar-refractivity contribution in [2.75, 3.05) is 7.05 Å². The number of amides is 1. The molecule has 0 aromatic heterocycles. The Labute approximate surface area is 78.7 Å². The number of hydrogen-bond donors (Lipinski definition) is 1. The Morgan fingerprint density at radius 1 is 1.50 bits per heavy atom. The first kappa shape index (κ1) is 10.6. The third-order valence-electron chi connectivity index (χ3n) is 1.61. The van der Waals surface area contributed by atoms with Crippen molar-refractivity contribution in [3.63, 3.8) is 0 Å². The van der Waals surface area contributed by atoms with Crippen LogP contribution in [0.1, 0.15) is 15.9 Å². The predicted molar refractivity (Wildman–Crippen MR) is 43.7 cm³/mol. The van der Waals surface area contributed by atoms with Gasteiger partial charge in [0.25, 0.3) is 5.91 Å². The van der Waals surface area contributed by atoms with Crippen LogP contribution in [0.3, 0.4) is 0 Å². The van der Waals surface area contributed by atoms with Gasteiger partial charge in [-0.25, -0.2) is 0 Å². The largest absolute Gasteiger partial charge is 0.417 e. The Morgan fingerprint density at radius 3 is 2.64 bits per heavy atom. The molecule has 1 radical (unpaired) electrons. The maximum absolute atomic E-state index is 12.3. The van der Waals surface area contributed by atoms with Crippen molar-refractivity contribution < 1.29 is 18.0 Å². The van der Waals surface area contributed by atoms with Crippen molar-refractivity contribution in [1.29, 1.82) is 0 Å². The van der Waals surface area contributed by atoms with E-state index in [9.17, 15) is 18.0 Å². The normalized spacial score (nSPS) is 11.1. The summed E-state index contributed by atoms with van der Waals surface area (Å²) in [7, 11) is 1.27. The van der Waals surface area contributed by atoms with E-state index < -0.39 is 23.2 Å². The van der Waals surface area contributed by atoms with Crippen LogP contribution >= 0.6 is 0 Å². The van der Waals surface area contributed by atoms with Crippen LogP contribution < -0.4 is 5.32 Å². The number of rotatable bonds is 1. The highest BCUT2D eigenvalue weighted by Crippen LogP contribution is 2.31. The monoisotopic (exact) mass is 202 g/mol. The molecule has 0 aliphatic heterocycles. The van der Waals surface area contributed by atoms with Crippen molar-refractivity contribution in [3.05, 3.63) is 35.4 Å². The van der Waals surface area contributed by atoms with E-state index >= 15 is 0 Å². The van der Waals surface area contributed by atoms with Gasteiger partial charge in [0.05, 0.1) is 11.1 Å². The van der Waals surface area contributed by atoms with E-state index in [-0.39, 0.29) is 0 Å². The van der Waals surface area contributed by atoms with E-state index in [1.165, 1.54) is 13.1 Å². The Bertz CT molecular complexity index is 346. The summed E-state index contributed by atoms with van der Waals surface area (Å²) in [6.45, 7) is 0. The molecule has 0 heterocycles. The molecule has 0 bridgehead atoms. The molecule has 1 aromatic rings.